The highest BCUT2D eigenvalue weighted by Gasteiger charge is 2.08. The standard InChI is InChI=1S/C13H27N3O2/c1-2-18-12-3-5-13(17)15-6-4-9-16-10-7-14-8-11-16/h14H,2-12H2,1H3,(H,15,17). The molecule has 0 aromatic carbocycles. The Morgan fingerprint density at radius 3 is 2.83 bits per heavy atom. The molecule has 0 unspecified atom stereocenters. The van der Waals surface area contributed by atoms with Crippen molar-refractivity contribution in [1.82, 2.24) is 15.5 Å². The zero-order valence-corrected chi connectivity index (χ0v) is 11.5. The number of nitrogens with one attached hydrogen (secondary N) is 2. The van der Waals surface area contributed by atoms with Crippen LogP contribution in [0.5, 0.6) is 0 Å². The van der Waals surface area contributed by atoms with Crippen LogP contribution in [0.1, 0.15) is 26.2 Å². The van der Waals surface area contributed by atoms with Crippen LogP contribution in [0.4, 0.5) is 0 Å². The van der Waals surface area contributed by atoms with Gasteiger partial charge in [-0.2, -0.15) is 0 Å². The number of hydrogen-bond donors (Lipinski definition) is 2. The molecule has 0 spiro atoms. The lowest BCUT2D eigenvalue weighted by Crippen LogP contribution is -2.44. The predicted octanol–water partition coefficient (Wildman–Crippen LogP) is 0.215. The Morgan fingerprint density at radius 2 is 2.11 bits per heavy atom. The molecule has 0 aromatic heterocycles. The van der Waals surface area contributed by atoms with Crippen molar-refractivity contribution in [2.24, 2.45) is 0 Å². The van der Waals surface area contributed by atoms with Crippen molar-refractivity contribution in [3.05, 3.63) is 0 Å². The van der Waals surface area contributed by atoms with Crippen LogP contribution < -0.4 is 10.6 Å². The van der Waals surface area contributed by atoms with Gasteiger partial charge in [0.2, 0.25) is 5.91 Å². The first-order valence-electron chi connectivity index (χ1n) is 7.10. The summed E-state index contributed by atoms with van der Waals surface area (Å²) < 4.78 is 5.20. The van der Waals surface area contributed by atoms with Gasteiger partial charge in [0.05, 0.1) is 0 Å². The van der Waals surface area contributed by atoms with Crippen molar-refractivity contribution < 1.29 is 9.53 Å². The fourth-order valence-electron chi connectivity index (χ4n) is 2.03. The second-order valence-electron chi connectivity index (χ2n) is 4.60. The van der Waals surface area contributed by atoms with Crippen LogP contribution in [0.25, 0.3) is 0 Å². The first-order valence-corrected chi connectivity index (χ1v) is 7.10. The molecule has 1 rings (SSSR count). The van der Waals surface area contributed by atoms with Gasteiger partial charge in [0, 0.05) is 52.4 Å². The van der Waals surface area contributed by atoms with E-state index in [0.717, 1.165) is 58.7 Å². The van der Waals surface area contributed by atoms with E-state index in [4.69, 9.17) is 4.74 Å². The number of carbonyl (C=O) groups is 1. The van der Waals surface area contributed by atoms with Crippen LogP contribution in [0.15, 0.2) is 0 Å². The van der Waals surface area contributed by atoms with Gasteiger partial charge in [0.1, 0.15) is 0 Å². The quantitative estimate of drug-likeness (QED) is 0.580. The Bertz CT molecular complexity index is 218. The summed E-state index contributed by atoms with van der Waals surface area (Å²) in [4.78, 5) is 13.9. The maximum atomic E-state index is 11.5. The van der Waals surface area contributed by atoms with E-state index in [1.165, 1.54) is 0 Å². The minimum absolute atomic E-state index is 0.148. The van der Waals surface area contributed by atoms with Crippen molar-refractivity contribution in [2.45, 2.75) is 26.2 Å². The average Bonchev–Trinajstić information content (AvgIpc) is 2.41. The molecule has 2 N–H and O–H groups in total. The molecule has 0 aliphatic carbocycles. The number of rotatable bonds is 9. The Morgan fingerprint density at radius 1 is 1.33 bits per heavy atom. The summed E-state index contributed by atoms with van der Waals surface area (Å²) >= 11 is 0. The Kier molecular flexibility index (Phi) is 8.81. The number of ether oxygens (including phenoxy) is 1. The third kappa shape index (κ3) is 7.63. The number of amides is 1. The largest absolute Gasteiger partial charge is 0.382 e. The van der Waals surface area contributed by atoms with Crippen molar-refractivity contribution in [2.75, 3.05) is 52.5 Å². The highest BCUT2D eigenvalue weighted by atomic mass is 16.5. The molecule has 1 aliphatic heterocycles. The minimum Gasteiger partial charge on any atom is -0.382 e. The van der Waals surface area contributed by atoms with Gasteiger partial charge in [0.15, 0.2) is 0 Å². The number of piperazine rings is 1. The minimum atomic E-state index is 0.148. The average molecular weight is 257 g/mol. The monoisotopic (exact) mass is 257 g/mol. The molecule has 1 heterocycles. The lowest BCUT2D eigenvalue weighted by atomic mass is 10.3. The van der Waals surface area contributed by atoms with Gasteiger partial charge in [-0.1, -0.05) is 0 Å². The fraction of sp³-hybridized carbons (Fsp3) is 0.923. The van der Waals surface area contributed by atoms with Gasteiger partial charge < -0.3 is 20.3 Å². The van der Waals surface area contributed by atoms with Gasteiger partial charge in [-0.05, 0) is 26.3 Å². The highest BCUT2D eigenvalue weighted by molar-refractivity contribution is 5.75. The molecule has 1 fully saturated rings. The van der Waals surface area contributed by atoms with Crippen LogP contribution >= 0.6 is 0 Å². The van der Waals surface area contributed by atoms with E-state index in [0.29, 0.717) is 13.0 Å². The van der Waals surface area contributed by atoms with Crippen LogP contribution in [-0.4, -0.2) is 63.3 Å². The topological polar surface area (TPSA) is 53.6 Å². The van der Waals surface area contributed by atoms with E-state index >= 15 is 0 Å². The van der Waals surface area contributed by atoms with E-state index < -0.39 is 0 Å². The molecule has 5 nitrogen and oxygen atoms in total. The molecule has 0 saturated carbocycles. The molecule has 0 aromatic rings. The normalized spacial score (nSPS) is 16.7. The molecular formula is C13H27N3O2. The molecular weight excluding hydrogens is 230 g/mol. The zero-order valence-electron chi connectivity index (χ0n) is 11.5. The van der Waals surface area contributed by atoms with Gasteiger partial charge >= 0.3 is 0 Å². The first kappa shape index (κ1) is 15.4. The van der Waals surface area contributed by atoms with Crippen molar-refractivity contribution in [3.63, 3.8) is 0 Å². The summed E-state index contributed by atoms with van der Waals surface area (Å²) in [5, 5.41) is 6.30. The van der Waals surface area contributed by atoms with Crippen molar-refractivity contribution in [3.8, 4) is 0 Å². The van der Waals surface area contributed by atoms with E-state index in [9.17, 15) is 4.79 Å². The smallest absolute Gasteiger partial charge is 0.220 e. The van der Waals surface area contributed by atoms with Crippen molar-refractivity contribution >= 4 is 5.91 Å². The molecule has 1 amide bonds. The molecule has 0 radical (unpaired) electrons. The zero-order chi connectivity index (χ0) is 13.1. The second kappa shape index (κ2) is 10.3. The molecule has 1 saturated heterocycles. The lowest BCUT2D eigenvalue weighted by Gasteiger charge is -2.27. The van der Waals surface area contributed by atoms with Crippen LogP contribution in [0, 0.1) is 0 Å². The molecule has 0 bridgehead atoms. The van der Waals surface area contributed by atoms with Crippen LogP contribution in [0.3, 0.4) is 0 Å². The number of nitrogens with zero attached hydrogens (tertiary/aromatic N) is 1. The van der Waals surface area contributed by atoms with E-state index in [-0.39, 0.29) is 5.91 Å². The summed E-state index contributed by atoms with van der Waals surface area (Å²) in [6, 6.07) is 0. The maximum Gasteiger partial charge on any atom is 0.220 e. The summed E-state index contributed by atoms with van der Waals surface area (Å²) in [5.74, 6) is 0.148. The van der Waals surface area contributed by atoms with Gasteiger partial charge in [-0.3, -0.25) is 4.79 Å². The van der Waals surface area contributed by atoms with Crippen LogP contribution in [0.2, 0.25) is 0 Å². The Labute approximate surface area is 110 Å². The summed E-state index contributed by atoms with van der Waals surface area (Å²) in [7, 11) is 0. The lowest BCUT2D eigenvalue weighted by molar-refractivity contribution is -0.121. The van der Waals surface area contributed by atoms with Crippen LogP contribution in [-0.2, 0) is 9.53 Å². The summed E-state index contributed by atoms with van der Waals surface area (Å²) in [6.45, 7) is 9.68. The van der Waals surface area contributed by atoms with Crippen molar-refractivity contribution in [1.29, 1.82) is 0 Å². The second-order valence-corrected chi connectivity index (χ2v) is 4.60. The Balaban J connectivity index is 1.88. The van der Waals surface area contributed by atoms with Gasteiger partial charge in [-0.15, -0.1) is 0 Å². The molecule has 18 heavy (non-hydrogen) atoms. The Hall–Kier alpha value is -0.650. The van der Waals surface area contributed by atoms with E-state index in [1.54, 1.807) is 0 Å². The summed E-state index contributed by atoms with van der Waals surface area (Å²) in [6.07, 6.45) is 2.43. The third-order valence-electron chi connectivity index (χ3n) is 3.08. The number of carbonyl (C=O) groups excluding carboxylic acids is 1. The molecule has 106 valence electrons. The molecule has 0 atom stereocenters. The predicted molar refractivity (Wildman–Crippen MR) is 72.7 cm³/mol. The maximum absolute atomic E-state index is 11.5. The highest BCUT2D eigenvalue weighted by Crippen LogP contribution is 1.94. The molecule has 5 heteroatoms. The number of hydrogen-bond acceptors (Lipinski definition) is 4. The van der Waals surface area contributed by atoms with E-state index in [1.807, 2.05) is 6.92 Å². The van der Waals surface area contributed by atoms with E-state index in [2.05, 4.69) is 15.5 Å². The third-order valence-corrected chi connectivity index (χ3v) is 3.08. The SMILES string of the molecule is CCOCCCC(=O)NCCCN1CCNCC1. The summed E-state index contributed by atoms with van der Waals surface area (Å²) in [5.41, 5.74) is 0. The first-order chi connectivity index (χ1) is 8.83. The molecule has 1 aliphatic rings. The fourth-order valence-corrected chi connectivity index (χ4v) is 2.03. The van der Waals surface area contributed by atoms with Gasteiger partial charge in [-0.25, -0.2) is 0 Å². The van der Waals surface area contributed by atoms with Gasteiger partial charge in [0.25, 0.3) is 0 Å².